The van der Waals surface area contributed by atoms with Crippen LogP contribution in [0.5, 0.6) is 0 Å². The van der Waals surface area contributed by atoms with E-state index in [9.17, 15) is 0 Å². The Morgan fingerprint density at radius 2 is 2.00 bits per heavy atom. The summed E-state index contributed by atoms with van der Waals surface area (Å²) in [7, 11) is 0. The Labute approximate surface area is 91.9 Å². The van der Waals surface area contributed by atoms with Gasteiger partial charge in [0, 0.05) is 24.2 Å². The zero-order valence-corrected chi connectivity index (χ0v) is 8.38. The summed E-state index contributed by atoms with van der Waals surface area (Å²) in [5.41, 5.74) is 1.94. The van der Waals surface area contributed by atoms with Gasteiger partial charge >= 0.3 is 0 Å². The fourth-order valence-corrected chi connectivity index (χ4v) is 1.40. The summed E-state index contributed by atoms with van der Waals surface area (Å²) in [4.78, 5) is 3.91. The highest BCUT2D eigenvalue weighted by Crippen LogP contribution is 2.16. The fraction of sp³-hybridized carbons (Fsp3) is 0. The predicted octanol–water partition coefficient (Wildman–Crippen LogP) is 0.615. The van der Waals surface area contributed by atoms with E-state index in [2.05, 4.69) is 4.98 Å². The Hall–Kier alpha value is -2.61. The standard InChI is InChI=1S/C11H9N5/c12-6-9-5-10(7-16(14)11(9)13)8-1-3-15-4-2-8/h1-5,7,13H,14H2. The molecule has 0 aliphatic rings. The van der Waals surface area contributed by atoms with Crippen molar-refractivity contribution in [3.63, 3.8) is 0 Å². The van der Waals surface area contributed by atoms with Gasteiger partial charge in [0.15, 0.2) is 5.49 Å². The molecule has 2 aromatic rings. The van der Waals surface area contributed by atoms with Crippen LogP contribution in [0.25, 0.3) is 11.1 Å². The second-order valence-electron chi connectivity index (χ2n) is 3.25. The minimum atomic E-state index is 0.000283. The van der Waals surface area contributed by atoms with Crippen molar-refractivity contribution >= 4 is 0 Å². The molecule has 2 heterocycles. The minimum Gasteiger partial charge on any atom is -0.338 e. The van der Waals surface area contributed by atoms with E-state index in [1.807, 2.05) is 18.2 Å². The van der Waals surface area contributed by atoms with Crippen molar-refractivity contribution < 1.29 is 0 Å². The molecule has 0 aliphatic heterocycles. The zero-order valence-electron chi connectivity index (χ0n) is 8.38. The average molecular weight is 211 g/mol. The maximum absolute atomic E-state index is 8.86. The molecule has 0 atom stereocenters. The zero-order chi connectivity index (χ0) is 11.5. The van der Waals surface area contributed by atoms with Gasteiger partial charge in [0.25, 0.3) is 0 Å². The molecule has 0 saturated carbocycles. The third-order valence-electron chi connectivity index (χ3n) is 2.23. The van der Waals surface area contributed by atoms with Crippen LogP contribution >= 0.6 is 0 Å². The van der Waals surface area contributed by atoms with Crippen LogP contribution in [0.15, 0.2) is 36.8 Å². The van der Waals surface area contributed by atoms with Crippen LogP contribution in [-0.4, -0.2) is 9.66 Å². The number of nitrogens with one attached hydrogen (secondary N) is 1. The molecule has 5 nitrogen and oxygen atoms in total. The van der Waals surface area contributed by atoms with Crippen LogP contribution < -0.4 is 11.3 Å². The van der Waals surface area contributed by atoms with Gasteiger partial charge in [0.05, 0.1) is 5.56 Å². The number of nitriles is 1. The quantitative estimate of drug-likeness (QED) is 0.677. The Morgan fingerprint density at radius 3 is 2.62 bits per heavy atom. The van der Waals surface area contributed by atoms with Crippen molar-refractivity contribution in [3.8, 4) is 17.2 Å². The molecule has 0 saturated heterocycles. The number of hydrogen-bond donors (Lipinski definition) is 2. The number of nitrogens with two attached hydrogens (primary N) is 1. The van der Waals surface area contributed by atoms with Gasteiger partial charge in [-0.2, -0.15) is 5.26 Å². The van der Waals surface area contributed by atoms with E-state index in [0.29, 0.717) is 0 Å². The molecule has 16 heavy (non-hydrogen) atoms. The Kier molecular flexibility index (Phi) is 2.40. The molecule has 78 valence electrons. The number of nitrogens with zero attached hydrogens (tertiary/aromatic N) is 3. The summed E-state index contributed by atoms with van der Waals surface area (Å²) in [6, 6.07) is 7.22. The van der Waals surface area contributed by atoms with Gasteiger partial charge in [-0.05, 0) is 23.8 Å². The second-order valence-corrected chi connectivity index (χ2v) is 3.25. The average Bonchev–Trinajstić information content (AvgIpc) is 2.33. The number of rotatable bonds is 1. The molecule has 2 rings (SSSR count). The lowest BCUT2D eigenvalue weighted by Gasteiger charge is -2.05. The molecule has 0 aromatic carbocycles. The van der Waals surface area contributed by atoms with Crippen molar-refractivity contribution in [1.29, 1.82) is 10.7 Å². The van der Waals surface area contributed by atoms with Gasteiger partial charge in [-0.1, -0.05) is 0 Å². The van der Waals surface area contributed by atoms with E-state index in [1.54, 1.807) is 24.7 Å². The van der Waals surface area contributed by atoms with Crippen LogP contribution in [0.1, 0.15) is 5.56 Å². The van der Waals surface area contributed by atoms with E-state index in [1.165, 1.54) is 0 Å². The number of pyridine rings is 2. The van der Waals surface area contributed by atoms with Gasteiger partial charge in [0.1, 0.15) is 6.07 Å². The van der Waals surface area contributed by atoms with Gasteiger partial charge in [-0.3, -0.25) is 15.1 Å². The SMILES string of the molecule is N#Cc1cc(-c2ccncc2)cn(N)c1=N. The van der Waals surface area contributed by atoms with Gasteiger partial charge in [-0.15, -0.1) is 0 Å². The first-order valence-corrected chi connectivity index (χ1v) is 4.59. The van der Waals surface area contributed by atoms with E-state index < -0.39 is 0 Å². The first-order valence-electron chi connectivity index (χ1n) is 4.59. The van der Waals surface area contributed by atoms with Gasteiger partial charge < -0.3 is 5.84 Å². The lowest BCUT2D eigenvalue weighted by atomic mass is 10.1. The Morgan fingerprint density at radius 1 is 1.31 bits per heavy atom. The summed E-state index contributed by atoms with van der Waals surface area (Å²) in [6.45, 7) is 0. The highest BCUT2D eigenvalue weighted by atomic mass is 15.3. The van der Waals surface area contributed by atoms with Gasteiger partial charge in [-0.25, -0.2) is 0 Å². The molecule has 0 amide bonds. The highest BCUT2D eigenvalue weighted by molar-refractivity contribution is 5.63. The summed E-state index contributed by atoms with van der Waals surface area (Å²) < 4.78 is 1.13. The molecule has 0 unspecified atom stereocenters. The van der Waals surface area contributed by atoms with Crippen LogP contribution in [0.3, 0.4) is 0 Å². The fourth-order valence-electron chi connectivity index (χ4n) is 1.40. The first kappa shape index (κ1) is 9.93. The third kappa shape index (κ3) is 1.64. The third-order valence-corrected chi connectivity index (χ3v) is 2.23. The molecular formula is C11H9N5. The highest BCUT2D eigenvalue weighted by Gasteiger charge is 2.03. The van der Waals surface area contributed by atoms with Crippen LogP contribution in [-0.2, 0) is 0 Å². The molecule has 0 aliphatic carbocycles. The van der Waals surface area contributed by atoms with Crippen molar-refractivity contribution in [2.75, 3.05) is 5.84 Å². The Balaban J connectivity index is 2.66. The first-order chi connectivity index (χ1) is 7.72. The van der Waals surface area contributed by atoms with E-state index in [4.69, 9.17) is 16.5 Å². The number of aromatic nitrogens is 2. The molecule has 5 heteroatoms. The monoisotopic (exact) mass is 211 g/mol. The topological polar surface area (TPSA) is 91.5 Å². The summed E-state index contributed by atoms with van der Waals surface area (Å²) in [6.07, 6.45) is 4.94. The molecule has 2 aromatic heterocycles. The van der Waals surface area contributed by atoms with Crippen LogP contribution in [0.2, 0.25) is 0 Å². The summed E-state index contributed by atoms with van der Waals surface area (Å²) in [5, 5.41) is 16.4. The van der Waals surface area contributed by atoms with E-state index >= 15 is 0 Å². The molecule has 0 bridgehead atoms. The van der Waals surface area contributed by atoms with Crippen molar-refractivity contribution in [1.82, 2.24) is 9.66 Å². The van der Waals surface area contributed by atoms with Crippen LogP contribution in [0.4, 0.5) is 0 Å². The van der Waals surface area contributed by atoms with Crippen molar-refractivity contribution in [2.45, 2.75) is 0 Å². The normalized spacial score (nSPS) is 9.69. The molecular weight excluding hydrogens is 202 g/mol. The lowest BCUT2D eigenvalue weighted by molar-refractivity contribution is 0.875. The number of nitrogen functional groups attached to an aromatic ring is 1. The Bertz CT molecular complexity index is 607. The predicted molar refractivity (Wildman–Crippen MR) is 58.4 cm³/mol. The van der Waals surface area contributed by atoms with Crippen molar-refractivity contribution in [3.05, 3.63) is 47.8 Å². The lowest BCUT2D eigenvalue weighted by Crippen LogP contribution is -2.28. The molecule has 0 fully saturated rings. The smallest absolute Gasteiger partial charge is 0.161 e. The van der Waals surface area contributed by atoms with Crippen molar-refractivity contribution in [2.24, 2.45) is 0 Å². The van der Waals surface area contributed by atoms with Crippen LogP contribution in [0, 0.1) is 16.7 Å². The minimum absolute atomic E-state index is 0.000283. The number of hydrogen-bond acceptors (Lipinski definition) is 4. The summed E-state index contributed by atoms with van der Waals surface area (Å²) >= 11 is 0. The molecule has 0 spiro atoms. The largest absolute Gasteiger partial charge is 0.338 e. The second kappa shape index (κ2) is 3.87. The van der Waals surface area contributed by atoms with Gasteiger partial charge in [0.2, 0.25) is 0 Å². The maximum Gasteiger partial charge on any atom is 0.161 e. The maximum atomic E-state index is 8.86. The molecule has 3 N–H and O–H groups in total. The van der Waals surface area contributed by atoms with E-state index in [-0.39, 0.29) is 11.1 Å². The van der Waals surface area contributed by atoms with E-state index in [0.717, 1.165) is 15.8 Å². The summed E-state index contributed by atoms with van der Waals surface area (Å²) in [5.74, 6) is 5.60. The molecule has 0 radical (unpaired) electrons.